The van der Waals surface area contributed by atoms with Gasteiger partial charge in [-0.2, -0.15) is 9.78 Å². The Bertz CT molecular complexity index is 962. The topological polar surface area (TPSA) is 62.4 Å². The van der Waals surface area contributed by atoms with Crippen LogP contribution in [0.3, 0.4) is 0 Å². The van der Waals surface area contributed by atoms with Gasteiger partial charge in [-0.3, -0.25) is 0 Å². The first kappa shape index (κ1) is 16.3. The van der Waals surface area contributed by atoms with Crippen LogP contribution in [0.1, 0.15) is 11.1 Å². The fourth-order valence-electron chi connectivity index (χ4n) is 2.93. The molecule has 1 aromatic heterocycles. The zero-order chi connectivity index (χ0) is 18.1. The first-order valence-corrected chi connectivity index (χ1v) is 8.22. The lowest BCUT2D eigenvalue weighted by Gasteiger charge is -2.05. The van der Waals surface area contributed by atoms with E-state index in [1.54, 1.807) is 24.3 Å². The Morgan fingerprint density at radius 1 is 1.00 bits per heavy atom. The van der Waals surface area contributed by atoms with Crippen molar-refractivity contribution >= 4 is 5.96 Å². The highest BCUT2D eigenvalue weighted by Crippen LogP contribution is 2.32. The van der Waals surface area contributed by atoms with E-state index in [9.17, 15) is 13.9 Å². The predicted octanol–water partition coefficient (Wildman–Crippen LogP) is 2.93. The Balaban J connectivity index is 1.81. The number of hydrogen-bond acceptors (Lipinski definition) is 4. The summed E-state index contributed by atoms with van der Waals surface area (Å²) < 4.78 is 27.8. The fourth-order valence-corrected chi connectivity index (χ4v) is 2.93. The van der Waals surface area contributed by atoms with Gasteiger partial charge in [0.2, 0.25) is 11.8 Å². The predicted molar refractivity (Wildman–Crippen MR) is 94.2 cm³/mol. The quantitative estimate of drug-likeness (QED) is 0.760. The maximum atomic E-state index is 13.3. The average Bonchev–Trinajstić information content (AvgIpc) is 3.27. The number of nitrogens with one attached hydrogen (secondary N) is 1. The normalized spacial score (nSPS) is 13.5. The zero-order valence-corrected chi connectivity index (χ0v) is 13.8. The monoisotopic (exact) mass is 354 g/mol. The second-order valence-corrected chi connectivity index (χ2v) is 6.00. The minimum Gasteiger partial charge on any atom is -0.493 e. The van der Waals surface area contributed by atoms with Crippen molar-refractivity contribution < 1.29 is 13.9 Å². The van der Waals surface area contributed by atoms with Crippen molar-refractivity contribution in [2.75, 3.05) is 13.1 Å². The van der Waals surface area contributed by atoms with Gasteiger partial charge < -0.3 is 10.4 Å². The maximum absolute atomic E-state index is 13.3. The van der Waals surface area contributed by atoms with E-state index in [0.717, 1.165) is 5.56 Å². The Hall–Kier alpha value is -3.22. The fraction of sp³-hybridized carbons (Fsp3) is 0.158. The van der Waals surface area contributed by atoms with E-state index in [2.05, 4.69) is 15.4 Å². The molecule has 2 aromatic carbocycles. The number of aromatic nitrogens is 2. The smallest absolute Gasteiger partial charge is 0.222 e. The first-order chi connectivity index (χ1) is 12.6. The molecule has 0 unspecified atom stereocenters. The van der Waals surface area contributed by atoms with Crippen LogP contribution >= 0.6 is 0 Å². The van der Waals surface area contributed by atoms with Gasteiger partial charge in [0, 0.05) is 24.1 Å². The van der Waals surface area contributed by atoms with Crippen LogP contribution in [-0.4, -0.2) is 33.9 Å². The Morgan fingerprint density at radius 2 is 1.65 bits per heavy atom. The molecule has 132 valence electrons. The molecule has 26 heavy (non-hydrogen) atoms. The van der Waals surface area contributed by atoms with Crippen molar-refractivity contribution in [2.24, 2.45) is 4.99 Å². The lowest BCUT2D eigenvalue weighted by atomic mass is 10.0. The number of rotatable bonds is 3. The summed E-state index contributed by atoms with van der Waals surface area (Å²) in [4.78, 5) is 4.28. The van der Waals surface area contributed by atoms with Crippen molar-refractivity contribution in [3.05, 3.63) is 71.3 Å². The summed E-state index contributed by atoms with van der Waals surface area (Å²) in [5.41, 5.74) is 2.60. The molecule has 0 saturated heterocycles. The highest BCUT2D eigenvalue weighted by molar-refractivity contribution is 5.85. The van der Waals surface area contributed by atoms with Crippen LogP contribution in [0, 0.1) is 11.6 Å². The maximum Gasteiger partial charge on any atom is 0.222 e. The molecule has 3 aromatic rings. The number of aromatic hydroxyl groups is 1. The molecule has 0 fully saturated rings. The molecular weight excluding hydrogens is 338 g/mol. The minimum atomic E-state index is -0.348. The second-order valence-electron chi connectivity index (χ2n) is 6.00. The molecule has 0 radical (unpaired) electrons. The molecule has 1 aliphatic heterocycles. The highest BCUT2D eigenvalue weighted by atomic mass is 19.1. The minimum absolute atomic E-state index is 0.0400. The molecule has 2 heterocycles. The molecule has 0 spiro atoms. The van der Waals surface area contributed by atoms with Gasteiger partial charge in [0.1, 0.15) is 17.3 Å². The van der Waals surface area contributed by atoms with Crippen molar-refractivity contribution in [3.8, 4) is 17.1 Å². The summed E-state index contributed by atoms with van der Waals surface area (Å²) in [5.74, 6) is -0.241. The third-order valence-electron chi connectivity index (χ3n) is 4.23. The van der Waals surface area contributed by atoms with Gasteiger partial charge in [-0.15, -0.1) is 0 Å². The molecule has 0 atom stereocenters. The number of benzene rings is 2. The molecule has 5 nitrogen and oxygen atoms in total. The largest absolute Gasteiger partial charge is 0.493 e. The van der Waals surface area contributed by atoms with E-state index in [4.69, 9.17) is 0 Å². The number of halogens is 2. The van der Waals surface area contributed by atoms with Gasteiger partial charge in [0.15, 0.2) is 0 Å². The highest BCUT2D eigenvalue weighted by Gasteiger charge is 2.23. The van der Waals surface area contributed by atoms with Crippen LogP contribution in [0.15, 0.2) is 53.5 Å². The molecular formula is C19H16F2N4O. The van der Waals surface area contributed by atoms with E-state index >= 15 is 0 Å². The van der Waals surface area contributed by atoms with E-state index in [1.807, 2.05) is 0 Å². The zero-order valence-electron chi connectivity index (χ0n) is 13.8. The van der Waals surface area contributed by atoms with E-state index < -0.39 is 0 Å². The number of aliphatic imine (C=N–C) groups is 1. The molecule has 1 aliphatic rings. The van der Waals surface area contributed by atoms with Crippen LogP contribution in [-0.2, 0) is 6.42 Å². The average molecular weight is 354 g/mol. The van der Waals surface area contributed by atoms with Crippen molar-refractivity contribution in [3.63, 3.8) is 0 Å². The Labute approximate surface area is 148 Å². The number of nitrogens with zero attached hydrogens (tertiary/aromatic N) is 3. The van der Waals surface area contributed by atoms with Gasteiger partial charge in [0.05, 0.1) is 6.54 Å². The SMILES string of the molecule is Oc1c(Cc2ccc(F)cc2)c(-c2ccc(F)cc2)nn1C1=NCCN1. The van der Waals surface area contributed by atoms with E-state index in [1.165, 1.54) is 28.9 Å². The standard InChI is InChI=1S/C19H16F2N4O/c20-14-5-1-12(2-6-14)11-16-17(13-3-7-15(21)8-4-13)24-25(18(16)26)19-22-9-10-23-19/h1-8,26H,9-11H2,(H,22,23). The molecule has 0 bridgehead atoms. The van der Waals surface area contributed by atoms with Crippen LogP contribution in [0.4, 0.5) is 8.78 Å². The lowest BCUT2D eigenvalue weighted by Crippen LogP contribution is -2.26. The molecule has 4 rings (SSSR count). The Morgan fingerprint density at radius 3 is 2.27 bits per heavy atom. The molecule has 0 saturated carbocycles. The van der Waals surface area contributed by atoms with E-state index in [0.29, 0.717) is 42.3 Å². The van der Waals surface area contributed by atoms with Crippen LogP contribution < -0.4 is 5.32 Å². The van der Waals surface area contributed by atoms with Crippen LogP contribution in [0.25, 0.3) is 11.3 Å². The first-order valence-electron chi connectivity index (χ1n) is 8.22. The molecule has 2 N–H and O–H groups in total. The summed E-state index contributed by atoms with van der Waals surface area (Å²) >= 11 is 0. The van der Waals surface area contributed by atoms with Crippen molar-refractivity contribution in [2.45, 2.75) is 6.42 Å². The number of hydrogen-bond donors (Lipinski definition) is 2. The molecule has 0 amide bonds. The molecule has 0 aliphatic carbocycles. The Kier molecular flexibility index (Phi) is 4.12. The summed E-state index contributed by atoms with van der Waals surface area (Å²) in [6.07, 6.45) is 0.353. The van der Waals surface area contributed by atoms with Crippen LogP contribution in [0.5, 0.6) is 5.88 Å². The van der Waals surface area contributed by atoms with Crippen molar-refractivity contribution in [1.29, 1.82) is 0 Å². The van der Waals surface area contributed by atoms with Crippen LogP contribution in [0.2, 0.25) is 0 Å². The van der Waals surface area contributed by atoms with Crippen molar-refractivity contribution in [1.82, 2.24) is 15.1 Å². The van der Waals surface area contributed by atoms with Gasteiger partial charge in [-0.25, -0.2) is 13.8 Å². The third-order valence-corrected chi connectivity index (χ3v) is 4.23. The summed E-state index contributed by atoms with van der Waals surface area (Å²) in [7, 11) is 0. The summed E-state index contributed by atoms with van der Waals surface area (Å²) in [5, 5.41) is 18.3. The third kappa shape index (κ3) is 3.03. The molecule has 7 heteroatoms. The van der Waals surface area contributed by atoms with Gasteiger partial charge in [0.25, 0.3) is 0 Å². The van der Waals surface area contributed by atoms with Gasteiger partial charge >= 0.3 is 0 Å². The summed E-state index contributed by atoms with van der Waals surface area (Å²) in [6.45, 7) is 1.28. The van der Waals surface area contributed by atoms with Gasteiger partial charge in [-0.1, -0.05) is 12.1 Å². The summed E-state index contributed by atoms with van der Waals surface area (Å²) in [6, 6.07) is 12.0. The van der Waals surface area contributed by atoms with E-state index in [-0.39, 0.29) is 17.5 Å². The van der Waals surface area contributed by atoms with Gasteiger partial charge in [-0.05, 0) is 42.0 Å². The lowest BCUT2D eigenvalue weighted by molar-refractivity contribution is 0.433. The second kappa shape index (κ2) is 6.59.